The SMILES string of the molecule is CCCN(CCC)c1ccc(/C=C/c2cc[n+](OCC)c3ccccc23)cc1.[Cl-]. The summed E-state index contributed by atoms with van der Waals surface area (Å²) in [6.07, 6.45) is 8.70. The van der Waals surface area contributed by atoms with Gasteiger partial charge in [0.1, 0.15) is 0 Å². The average molecular weight is 411 g/mol. The molecule has 0 aliphatic rings. The highest BCUT2D eigenvalue weighted by Crippen LogP contribution is 2.20. The smallest absolute Gasteiger partial charge is 0.265 e. The first kappa shape index (κ1) is 22.8. The van der Waals surface area contributed by atoms with Gasteiger partial charge in [-0.05, 0) is 49.1 Å². The molecule has 3 aromatic rings. The zero-order valence-electron chi connectivity index (χ0n) is 17.6. The third-order valence-electron chi connectivity index (χ3n) is 4.81. The van der Waals surface area contributed by atoms with Crippen LogP contribution in [0.2, 0.25) is 0 Å². The number of anilines is 1. The summed E-state index contributed by atoms with van der Waals surface area (Å²) < 4.78 is 1.84. The summed E-state index contributed by atoms with van der Waals surface area (Å²) in [5, 5.41) is 1.18. The van der Waals surface area contributed by atoms with E-state index in [1.807, 2.05) is 23.9 Å². The fourth-order valence-corrected chi connectivity index (χ4v) is 3.52. The van der Waals surface area contributed by atoms with Crippen LogP contribution in [0.25, 0.3) is 23.1 Å². The predicted octanol–water partition coefficient (Wildman–Crippen LogP) is 2.38. The zero-order valence-corrected chi connectivity index (χ0v) is 18.4. The van der Waals surface area contributed by atoms with Crippen molar-refractivity contribution in [2.24, 2.45) is 0 Å². The number of rotatable bonds is 9. The van der Waals surface area contributed by atoms with E-state index in [1.165, 1.54) is 35.0 Å². The van der Waals surface area contributed by atoms with Crippen LogP contribution in [0.5, 0.6) is 0 Å². The minimum atomic E-state index is 0. The van der Waals surface area contributed by atoms with Crippen molar-refractivity contribution in [2.45, 2.75) is 33.6 Å². The van der Waals surface area contributed by atoms with Crippen molar-refractivity contribution in [3.63, 3.8) is 0 Å². The number of nitrogens with zero attached hydrogens (tertiary/aromatic N) is 2. The maximum absolute atomic E-state index is 5.70. The van der Waals surface area contributed by atoms with Gasteiger partial charge in [0.15, 0.2) is 6.61 Å². The largest absolute Gasteiger partial charge is 1.00 e. The summed E-state index contributed by atoms with van der Waals surface area (Å²) in [5.74, 6) is 0. The molecule has 0 saturated heterocycles. The first-order valence-corrected chi connectivity index (χ1v) is 10.4. The Kier molecular flexibility index (Phi) is 9.01. The summed E-state index contributed by atoms with van der Waals surface area (Å²) >= 11 is 0. The van der Waals surface area contributed by atoms with Gasteiger partial charge < -0.3 is 17.3 Å². The van der Waals surface area contributed by atoms with Gasteiger partial charge in [0, 0.05) is 35.6 Å². The second kappa shape index (κ2) is 11.5. The van der Waals surface area contributed by atoms with E-state index in [1.54, 1.807) is 0 Å². The molecule has 2 aromatic carbocycles. The summed E-state index contributed by atoms with van der Waals surface area (Å²) in [5.41, 5.74) is 4.79. The van der Waals surface area contributed by atoms with E-state index in [0.29, 0.717) is 6.61 Å². The average Bonchev–Trinajstić information content (AvgIpc) is 2.74. The second-order valence-electron chi connectivity index (χ2n) is 6.94. The second-order valence-corrected chi connectivity index (χ2v) is 6.94. The van der Waals surface area contributed by atoms with Gasteiger partial charge in [-0.3, -0.25) is 4.84 Å². The molecule has 1 heterocycles. The normalized spacial score (nSPS) is 10.9. The minimum Gasteiger partial charge on any atom is -1.00 e. The molecule has 0 saturated carbocycles. The molecular weight excluding hydrogens is 380 g/mol. The van der Waals surface area contributed by atoms with Crippen LogP contribution in [0.4, 0.5) is 5.69 Å². The molecule has 154 valence electrons. The third-order valence-corrected chi connectivity index (χ3v) is 4.81. The van der Waals surface area contributed by atoms with Crippen LogP contribution in [0.3, 0.4) is 0 Å². The summed E-state index contributed by atoms with van der Waals surface area (Å²) in [6, 6.07) is 19.3. The molecule has 0 spiro atoms. The lowest BCUT2D eigenvalue weighted by Gasteiger charge is -2.23. The molecular formula is C25H31ClN2O. The van der Waals surface area contributed by atoms with E-state index >= 15 is 0 Å². The van der Waals surface area contributed by atoms with Gasteiger partial charge in [0.2, 0.25) is 6.20 Å². The lowest BCUT2D eigenvalue weighted by Crippen LogP contribution is -3.00. The van der Waals surface area contributed by atoms with Gasteiger partial charge in [-0.15, -0.1) is 0 Å². The van der Waals surface area contributed by atoms with Gasteiger partial charge in [0.05, 0.1) is 5.39 Å². The number of halogens is 1. The molecule has 0 aliphatic carbocycles. The van der Waals surface area contributed by atoms with Crippen molar-refractivity contribution in [3.8, 4) is 0 Å². The Labute approximate surface area is 181 Å². The highest BCUT2D eigenvalue weighted by Gasteiger charge is 2.12. The molecule has 0 fully saturated rings. The van der Waals surface area contributed by atoms with Crippen LogP contribution in [0, 0.1) is 0 Å². The van der Waals surface area contributed by atoms with Crippen LogP contribution < -0.4 is 26.9 Å². The molecule has 0 N–H and O–H groups in total. The molecule has 0 amide bonds. The first-order valence-electron chi connectivity index (χ1n) is 10.4. The topological polar surface area (TPSA) is 16.4 Å². The fourth-order valence-electron chi connectivity index (χ4n) is 3.52. The molecule has 3 nitrogen and oxygen atoms in total. The standard InChI is InChI=1S/C25H31N2O.ClH/c1-4-18-26(19-5-2)23-15-12-21(13-16-23)11-14-22-17-20-27(28-6-3)25-10-8-7-9-24(22)25;/h7-17,20H,4-6,18-19H2,1-3H3;1H/q+1;/p-1. The van der Waals surface area contributed by atoms with Crippen LogP contribution in [-0.2, 0) is 0 Å². The van der Waals surface area contributed by atoms with Gasteiger partial charge in [0.25, 0.3) is 5.52 Å². The molecule has 1 aromatic heterocycles. The van der Waals surface area contributed by atoms with E-state index < -0.39 is 0 Å². The zero-order chi connectivity index (χ0) is 19.8. The molecule has 0 bridgehead atoms. The molecule has 3 rings (SSSR count). The number of pyridine rings is 1. The van der Waals surface area contributed by atoms with Crippen LogP contribution in [-0.4, -0.2) is 19.7 Å². The summed E-state index contributed by atoms with van der Waals surface area (Å²) in [7, 11) is 0. The summed E-state index contributed by atoms with van der Waals surface area (Å²) in [6.45, 7) is 9.33. The van der Waals surface area contributed by atoms with Crippen molar-refractivity contribution < 1.29 is 22.0 Å². The predicted molar refractivity (Wildman–Crippen MR) is 119 cm³/mol. The molecule has 4 heteroatoms. The lowest BCUT2D eigenvalue weighted by molar-refractivity contribution is -0.870. The maximum Gasteiger partial charge on any atom is 0.265 e. The van der Waals surface area contributed by atoms with Crippen LogP contribution in [0.1, 0.15) is 44.7 Å². The number of hydrogen-bond acceptors (Lipinski definition) is 2. The molecule has 0 aliphatic heterocycles. The van der Waals surface area contributed by atoms with E-state index in [4.69, 9.17) is 4.84 Å². The Bertz CT molecular complexity index is 916. The van der Waals surface area contributed by atoms with E-state index in [-0.39, 0.29) is 12.4 Å². The Balaban J connectivity index is 0.00000300. The Morgan fingerprint density at radius 1 is 0.862 bits per heavy atom. The minimum absolute atomic E-state index is 0. The third kappa shape index (κ3) is 5.74. The number of benzene rings is 2. The number of fused-ring (bicyclic) bond motifs is 1. The number of aromatic nitrogens is 1. The van der Waals surface area contributed by atoms with E-state index in [9.17, 15) is 0 Å². The van der Waals surface area contributed by atoms with Gasteiger partial charge in [-0.1, -0.05) is 50.3 Å². The quantitative estimate of drug-likeness (QED) is 0.503. The van der Waals surface area contributed by atoms with Crippen molar-refractivity contribution in [3.05, 3.63) is 71.9 Å². The van der Waals surface area contributed by atoms with Crippen LogP contribution in [0.15, 0.2) is 60.8 Å². The van der Waals surface area contributed by atoms with E-state index in [0.717, 1.165) is 18.6 Å². The highest BCUT2D eigenvalue weighted by atomic mass is 35.5. The molecule has 0 atom stereocenters. The van der Waals surface area contributed by atoms with Crippen molar-refractivity contribution >= 4 is 28.7 Å². The molecule has 0 radical (unpaired) electrons. The molecule has 0 unspecified atom stereocenters. The van der Waals surface area contributed by atoms with Crippen LogP contribution >= 0.6 is 0 Å². The monoisotopic (exact) mass is 410 g/mol. The fraction of sp³-hybridized carbons (Fsp3) is 0.320. The van der Waals surface area contributed by atoms with Gasteiger partial charge >= 0.3 is 0 Å². The highest BCUT2D eigenvalue weighted by molar-refractivity contribution is 5.88. The Morgan fingerprint density at radius 2 is 1.55 bits per heavy atom. The van der Waals surface area contributed by atoms with Crippen molar-refractivity contribution in [2.75, 3.05) is 24.6 Å². The maximum atomic E-state index is 5.70. The first-order chi connectivity index (χ1) is 13.8. The van der Waals surface area contributed by atoms with Gasteiger partial charge in [-0.25, -0.2) is 0 Å². The van der Waals surface area contributed by atoms with Crippen molar-refractivity contribution in [1.82, 2.24) is 0 Å². The molecule has 29 heavy (non-hydrogen) atoms. The number of para-hydroxylation sites is 1. The van der Waals surface area contributed by atoms with Crippen molar-refractivity contribution in [1.29, 1.82) is 0 Å². The Morgan fingerprint density at radius 3 is 2.21 bits per heavy atom. The Hall–Kier alpha value is -2.52. The van der Waals surface area contributed by atoms with E-state index in [2.05, 4.69) is 79.4 Å². The summed E-state index contributed by atoms with van der Waals surface area (Å²) in [4.78, 5) is 8.16. The number of hydrogen-bond donors (Lipinski definition) is 0. The van der Waals surface area contributed by atoms with Gasteiger partial charge in [-0.2, -0.15) is 0 Å². The lowest BCUT2D eigenvalue weighted by atomic mass is 10.1.